The van der Waals surface area contributed by atoms with E-state index in [2.05, 4.69) is 4.74 Å². The lowest BCUT2D eigenvalue weighted by molar-refractivity contribution is -0.198. The van der Waals surface area contributed by atoms with Gasteiger partial charge in [0.25, 0.3) is 0 Å². The van der Waals surface area contributed by atoms with Gasteiger partial charge in [0.15, 0.2) is 12.4 Å². The molecule has 1 aliphatic heterocycles. The van der Waals surface area contributed by atoms with Gasteiger partial charge in [0.1, 0.15) is 5.92 Å². The minimum atomic E-state index is -4.63. The first-order valence-electron chi connectivity index (χ1n) is 3.16. The maximum Gasteiger partial charge on any atom is 0.399 e. The first-order chi connectivity index (χ1) is 5.41. The van der Waals surface area contributed by atoms with Crippen LogP contribution in [-0.2, 0) is 14.3 Å². The predicted octanol–water partition coefficient (Wildman–Crippen LogP) is 0.681. The van der Waals surface area contributed by atoms with Gasteiger partial charge in [-0.2, -0.15) is 13.2 Å². The Labute approximate surface area is 65.5 Å². The van der Waals surface area contributed by atoms with E-state index in [0.717, 1.165) is 0 Å². The summed E-state index contributed by atoms with van der Waals surface area (Å²) in [7, 11) is 0. The molecule has 1 heterocycles. The summed E-state index contributed by atoms with van der Waals surface area (Å²) in [5.41, 5.74) is 0. The molecule has 0 N–H and O–H groups in total. The number of cyclic esters (lactones) is 1. The van der Waals surface area contributed by atoms with Crippen LogP contribution < -0.4 is 0 Å². The van der Waals surface area contributed by atoms with E-state index in [1.54, 1.807) is 0 Å². The van der Waals surface area contributed by atoms with Crippen LogP contribution in [0.2, 0.25) is 0 Å². The Morgan fingerprint density at radius 3 is 2.33 bits per heavy atom. The number of alkyl halides is 3. The average molecular weight is 182 g/mol. The molecule has 0 aromatic heterocycles. The van der Waals surface area contributed by atoms with Crippen molar-refractivity contribution >= 4 is 11.8 Å². The van der Waals surface area contributed by atoms with Gasteiger partial charge in [0.2, 0.25) is 0 Å². The number of halogens is 3. The second-order valence-electron chi connectivity index (χ2n) is 2.43. The highest BCUT2D eigenvalue weighted by Crippen LogP contribution is 2.31. The fourth-order valence-electron chi connectivity index (χ4n) is 0.890. The van der Waals surface area contributed by atoms with Crippen LogP contribution in [0.15, 0.2) is 0 Å². The van der Waals surface area contributed by atoms with Crippen LogP contribution in [0, 0.1) is 5.92 Å². The predicted molar refractivity (Wildman–Crippen MR) is 30.1 cm³/mol. The highest BCUT2D eigenvalue weighted by Gasteiger charge is 2.48. The molecule has 1 aliphatic rings. The Balaban J connectivity index is 2.74. The molecular formula is C6H5F3O3. The molecule has 6 heteroatoms. The molecule has 12 heavy (non-hydrogen) atoms. The number of rotatable bonds is 0. The Hall–Kier alpha value is -1.07. The van der Waals surface area contributed by atoms with Crippen molar-refractivity contribution in [2.45, 2.75) is 12.6 Å². The Bertz CT molecular complexity index is 221. The smallest absolute Gasteiger partial charge is 0.399 e. The molecule has 0 aromatic rings. The SMILES string of the molecule is O=C1CC(C(F)(F)F)C(=O)CO1. The Morgan fingerprint density at radius 1 is 1.33 bits per heavy atom. The van der Waals surface area contributed by atoms with Gasteiger partial charge >= 0.3 is 12.1 Å². The molecule has 1 rings (SSSR count). The minimum Gasteiger partial charge on any atom is -0.458 e. The van der Waals surface area contributed by atoms with Gasteiger partial charge < -0.3 is 4.74 Å². The molecule has 0 aromatic carbocycles. The van der Waals surface area contributed by atoms with Crippen LogP contribution in [0.3, 0.4) is 0 Å². The van der Waals surface area contributed by atoms with E-state index < -0.39 is 36.9 Å². The first-order valence-corrected chi connectivity index (χ1v) is 3.16. The van der Waals surface area contributed by atoms with E-state index >= 15 is 0 Å². The van der Waals surface area contributed by atoms with Crippen molar-refractivity contribution in [3.8, 4) is 0 Å². The molecule has 68 valence electrons. The summed E-state index contributed by atoms with van der Waals surface area (Å²) in [6.45, 7) is -0.761. The summed E-state index contributed by atoms with van der Waals surface area (Å²) in [6.07, 6.45) is -5.52. The van der Waals surface area contributed by atoms with Crippen LogP contribution in [0.25, 0.3) is 0 Å². The maximum atomic E-state index is 11.9. The zero-order chi connectivity index (χ0) is 9.35. The van der Waals surface area contributed by atoms with Crippen molar-refractivity contribution in [2.24, 2.45) is 5.92 Å². The van der Waals surface area contributed by atoms with Crippen molar-refractivity contribution in [3.05, 3.63) is 0 Å². The third kappa shape index (κ3) is 1.75. The molecule has 1 fully saturated rings. The van der Waals surface area contributed by atoms with E-state index in [9.17, 15) is 22.8 Å². The molecule has 1 unspecified atom stereocenters. The third-order valence-corrected chi connectivity index (χ3v) is 1.53. The summed E-state index contributed by atoms with van der Waals surface area (Å²) in [6, 6.07) is 0. The fraction of sp³-hybridized carbons (Fsp3) is 0.667. The van der Waals surface area contributed by atoms with Crippen molar-refractivity contribution in [1.82, 2.24) is 0 Å². The summed E-state index contributed by atoms with van der Waals surface area (Å²) in [4.78, 5) is 21.0. The second kappa shape index (κ2) is 2.76. The zero-order valence-electron chi connectivity index (χ0n) is 5.85. The van der Waals surface area contributed by atoms with Gasteiger partial charge in [-0.15, -0.1) is 0 Å². The molecule has 0 bridgehead atoms. The van der Waals surface area contributed by atoms with Gasteiger partial charge in [-0.1, -0.05) is 0 Å². The number of ether oxygens (including phenoxy) is 1. The molecule has 0 aliphatic carbocycles. The largest absolute Gasteiger partial charge is 0.458 e. The van der Waals surface area contributed by atoms with Crippen LogP contribution in [0.1, 0.15) is 6.42 Å². The van der Waals surface area contributed by atoms with Gasteiger partial charge in [-0.25, -0.2) is 0 Å². The maximum absolute atomic E-state index is 11.9. The number of carbonyl (C=O) groups excluding carboxylic acids is 2. The number of esters is 1. The molecular weight excluding hydrogens is 177 g/mol. The van der Waals surface area contributed by atoms with Crippen molar-refractivity contribution in [3.63, 3.8) is 0 Å². The fourth-order valence-corrected chi connectivity index (χ4v) is 0.890. The van der Waals surface area contributed by atoms with Crippen molar-refractivity contribution in [1.29, 1.82) is 0 Å². The summed E-state index contributed by atoms with van der Waals surface area (Å²) < 4.78 is 39.9. The lowest BCUT2D eigenvalue weighted by Crippen LogP contribution is -2.39. The van der Waals surface area contributed by atoms with E-state index in [-0.39, 0.29) is 0 Å². The zero-order valence-corrected chi connectivity index (χ0v) is 5.85. The number of carbonyl (C=O) groups is 2. The topological polar surface area (TPSA) is 43.4 Å². The quantitative estimate of drug-likeness (QED) is 0.517. The van der Waals surface area contributed by atoms with Crippen molar-refractivity contribution < 1.29 is 27.5 Å². The van der Waals surface area contributed by atoms with Gasteiger partial charge in [0.05, 0.1) is 6.42 Å². The molecule has 0 saturated carbocycles. The average Bonchev–Trinajstić information content (AvgIpc) is 1.92. The van der Waals surface area contributed by atoms with E-state index in [1.807, 2.05) is 0 Å². The molecule has 0 spiro atoms. The highest BCUT2D eigenvalue weighted by molar-refractivity contribution is 5.91. The second-order valence-corrected chi connectivity index (χ2v) is 2.43. The number of hydrogen-bond acceptors (Lipinski definition) is 3. The molecule has 0 amide bonds. The lowest BCUT2D eigenvalue weighted by Gasteiger charge is -2.21. The molecule has 3 nitrogen and oxygen atoms in total. The Morgan fingerprint density at radius 2 is 1.92 bits per heavy atom. The van der Waals surface area contributed by atoms with Crippen LogP contribution >= 0.6 is 0 Å². The summed E-state index contributed by atoms with van der Waals surface area (Å²) in [5.74, 6) is -4.22. The highest BCUT2D eigenvalue weighted by atomic mass is 19.4. The van der Waals surface area contributed by atoms with Crippen LogP contribution in [0.4, 0.5) is 13.2 Å². The van der Waals surface area contributed by atoms with Gasteiger partial charge in [0, 0.05) is 0 Å². The van der Waals surface area contributed by atoms with E-state index in [0.29, 0.717) is 0 Å². The van der Waals surface area contributed by atoms with E-state index in [4.69, 9.17) is 0 Å². The molecule has 1 saturated heterocycles. The minimum absolute atomic E-state index is 0.761. The Kier molecular flexibility index (Phi) is 2.08. The molecule has 0 radical (unpaired) electrons. The number of hydrogen-bond donors (Lipinski definition) is 0. The van der Waals surface area contributed by atoms with Gasteiger partial charge in [-0.05, 0) is 0 Å². The van der Waals surface area contributed by atoms with Crippen LogP contribution in [-0.4, -0.2) is 24.5 Å². The lowest BCUT2D eigenvalue weighted by atomic mass is 9.98. The number of Topliss-reactive ketones (excluding diaryl/α,β-unsaturated/α-hetero) is 1. The van der Waals surface area contributed by atoms with E-state index in [1.165, 1.54) is 0 Å². The van der Waals surface area contributed by atoms with Crippen LogP contribution in [0.5, 0.6) is 0 Å². The van der Waals surface area contributed by atoms with Crippen molar-refractivity contribution in [2.75, 3.05) is 6.61 Å². The summed E-state index contributed by atoms with van der Waals surface area (Å²) in [5, 5.41) is 0. The summed E-state index contributed by atoms with van der Waals surface area (Å²) >= 11 is 0. The monoisotopic (exact) mass is 182 g/mol. The van der Waals surface area contributed by atoms with Gasteiger partial charge in [-0.3, -0.25) is 9.59 Å². The number of ketones is 1. The molecule has 1 atom stereocenters. The third-order valence-electron chi connectivity index (χ3n) is 1.53. The first kappa shape index (κ1) is 9.02. The standard InChI is InChI=1S/C6H5F3O3/c7-6(8,9)3-1-5(11)12-2-4(3)10/h3H,1-2H2. The normalized spacial score (nSPS) is 25.4.